The summed E-state index contributed by atoms with van der Waals surface area (Å²) in [6, 6.07) is 9.52. The predicted molar refractivity (Wildman–Crippen MR) is 96.5 cm³/mol. The Kier molecular flexibility index (Phi) is 6.34. The molecule has 0 bridgehead atoms. The second kappa shape index (κ2) is 9.13. The van der Waals surface area contributed by atoms with Crippen LogP contribution < -0.4 is 10.6 Å². The number of aryl methyl sites for hydroxylation is 1. The molecule has 1 fully saturated rings. The van der Waals surface area contributed by atoms with Gasteiger partial charge in [-0.25, -0.2) is 4.98 Å². The predicted octanol–water partition coefficient (Wildman–Crippen LogP) is 2.29. The van der Waals surface area contributed by atoms with Gasteiger partial charge in [0.1, 0.15) is 5.82 Å². The summed E-state index contributed by atoms with van der Waals surface area (Å²) in [7, 11) is 0. The number of nitrogens with zero attached hydrogens (tertiary/aromatic N) is 2. The third-order valence-corrected chi connectivity index (χ3v) is 4.24. The van der Waals surface area contributed by atoms with Gasteiger partial charge in [0, 0.05) is 43.7 Å². The number of carbonyl (C=O) groups excluding carboxylic acids is 1. The Morgan fingerprint density at radius 1 is 1.24 bits per heavy atom. The minimum atomic E-state index is -0.0933. The van der Waals surface area contributed by atoms with Gasteiger partial charge in [-0.05, 0) is 43.5 Å². The zero-order valence-corrected chi connectivity index (χ0v) is 14.3. The van der Waals surface area contributed by atoms with Crippen LogP contribution >= 0.6 is 0 Å². The number of amides is 1. The fraction of sp³-hybridized carbons (Fsp3) is 0.421. The maximum atomic E-state index is 12.1. The number of carbonyl (C=O) groups is 1. The van der Waals surface area contributed by atoms with Crippen LogP contribution in [-0.4, -0.2) is 42.2 Å². The molecule has 0 aliphatic carbocycles. The van der Waals surface area contributed by atoms with Crippen LogP contribution in [0.3, 0.4) is 0 Å². The first-order chi connectivity index (χ1) is 12.3. The van der Waals surface area contributed by atoms with Crippen LogP contribution in [-0.2, 0) is 11.2 Å². The lowest BCUT2D eigenvalue weighted by molar-refractivity contribution is 0.0953. The van der Waals surface area contributed by atoms with Crippen molar-refractivity contribution in [2.75, 3.05) is 31.6 Å². The number of rotatable bonds is 8. The Hall–Kier alpha value is -2.47. The third-order valence-electron chi connectivity index (χ3n) is 4.24. The highest BCUT2D eigenvalue weighted by Gasteiger charge is 2.15. The molecule has 0 saturated carbocycles. The molecule has 3 rings (SSSR count). The third kappa shape index (κ3) is 5.53. The summed E-state index contributed by atoms with van der Waals surface area (Å²) in [5, 5.41) is 6.22. The molecule has 1 aliphatic rings. The molecule has 1 atom stereocenters. The van der Waals surface area contributed by atoms with Crippen molar-refractivity contribution in [1.82, 2.24) is 15.3 Å². The van der Waals surface area contributed by atoms with Crippen molar-refractivity contribution >= 4 is 11.7 Å². The molecule has 2 N–H and O–H groups in total. The molecular weight excluding hydrogens is 316 g/mol. The Morgan fingerprint density at radius 3 is 2.92 bits per heavy atom. The molecule has 0 unspecified atom stereocenters. The van der Waals surface area contributed by atoms with Gasteiger partial charge in [0.2, 0.25) is 0 Å². The molecule has 2 aromatic rings. The summed E-state index contributed by atoms with van der Waals surface area (Å²) in [5.41, 5.74) is 1.62. The summed E-state index contributed by atoms with van der Waals surface area (Å²) < 4.78 is 5.35. The molecule has 1 aliphatic heterocycles. The lowest BCUT2D eigenvalue weighted by Gasteiger charge is -2.10. The van der Waals surface area contributed by atoms with Crippen molar-refractivity contribution in [3.05, 3.63) is 54.0 Å². The molecule has 25 heavy (non-hydrogen) atoms. The maximum Gasteiger partial charge on any atom is 0.252 e. The van der Waals surface area contributed by atoms with Crippen LogP contribution in [0.15, 0.2) is 42.7 Å². The maximum absolute atomic E-state index is 12.1. The van der Waals surface area contributed by atoms with Crippen molar-refractivity contribution in [3.63, 3.8) is 0 Å². The Balaban J connectivity index is 1.38. The Labute approximate surface area is 148 Å². The molecule has 1 amide bonds. The second-order valence-electron chi connectivity index (χ2n) is 6.22. The molecule has 0 aromatic carbocycles. The molecule has 132 valence electrons. The van der Waals surface area contributed by atoms with Gasteiger partial charge in [-0.3, -0.25) is 9.78 Å². The van der Waals surface area contributed by atoms with E-state index in [-0.39, 0.29) is 5.91 Å². The Bertz CT molecular complexity index is 655. The standard InChI is InChI=1S/C19H24N4O2/c24-19(21-10-3-5-17-4-1-2-9-20-17)16-6-7-18(23-13-16)22-12-15-8-11-25-14-15/h1-2,4,6-7,9,13,15H,3,5,8,10-12,14H2,(H,21,24)(H,22,23)/t15-/m0/s1. The van der Waals surface area contributed by atoms with Gasteiger partial charge in [-0.2, -0.15) is 0 Å². The van der Waals surface area contributed by atoms with Gasteiger partial charge in [-0.15, -0.1) is 0 Å². The highest BCUT2D eigenvalue weighted by molar-refractivity contribution is 5.94. The lowest BCUT2D eigenvalue weighted by atomic mass is 10.1. The van der Waals surface area contributed by atoms with Crippen LogP contribution in [0.25, 0.3) is 0 Å². The average molecular weight is 340 g/mol. The number of ether oxygens (including phenoxy) is 1. The Morgan fingerprint density at radius 2 is 2.20 bits per heavy atom. The summed E-state index contributed by atoms with van der Waals surface area (Å²) in [6.45, 7) is 3.13. The average Bonchev–Trinajstić information content (AvgIpc) is 3.18. The van der Waals surface area contributed by atoms with E-state index in [9.17, 15) is 4.79 Å². The van der Waals surface area contributed by atoms with E-state index in [0.717, 1.165) is 50.5 Å². The van der Waals surface area contributed by atoms with Crippen molar-refractivity contribution in [2.45, 2.75) is 19.3 Å². The first-order valence-corrected chi connectivity index (χ1v) is 8.77. The van der Waals surface area contributed by atoms with E-state index in [4.69, 9.17) is 4.74 Å². The topological polar surface area (TPSA) is 76.1 Å². The normalized spacial score (nSPS) is 16.6. The monoisotopic (exact) mass is 340 g/mol. The minimum absolute atomic E-state index is 0.0933. The van der Waals surface area contributed by atoms with Gasteiger partial charge in [0.25, 0.3) is 5.91 Å². The molecular formula is C19H24N4O2. The number of pyridine rings is 2. The van der Waals surface area contributed by atoms with Crippen LogP contribution in [0.1, 0.15) is 28.9 Å². The van der Waals surface area contributed by atoms with Crippen molar-refractivity contribution < 1.29 is 9.53 Å². The molecule has 0 spiro atoms. The van der Waals surface area contributed by atoms with Crippen LogP contribution in [0, 0.1) is 5.92 Å². The summed E-state index contributed by atoms with van der Waals surface area (Å²) in [5.74, 6) is 1.24. The van der Waals surface area contributed by atoms with E-state index < -0.39 is 0 Å². The van der Waals surface area contributed by atoms with Gasteiger partial charge < -0.3 is 15.4 Å². The summed E-state index contributed by atoms with van der Waals surface area (Å²) in [6.07, 6.45) is 6.20. The van der Waals surface area contributed by atoms with Gasteiger partial charge in [0.15, 0.2) is 0 Å². The molecule has 1 saturated heterocycles. The zero-order valence-electron chi connectivity index (χ0n) is 14.3. The fourth-order valence-corrected chi connectivity index (χ4v) is 2.75. The van der Waals surface area contributed by atoms with Crippen molar-refractivity contribution in [3.8, 4) is 0 Å². The fourth-order valence-electron chi connectivity index (χ4n) is 2.75. The van der Waals surface area contributed by atoms with E-state index in [0.29, 0.717) is 18.0 Å². The number of anilines is 1. The smallest absolute Gasteiger partial charge is 0.252 e. The van der Waals surface area contributed by atoms with E-state index in [1.54, 1.807) is 18.5 Å². The lowest BCUT2D eigenvalue weighted by Crippen LogP contribution is -2.25. The summed E-state index contributed by atoms with van der Waals surface area (Å²) in [4.78, 5) is 20.7. The zero-order chi connectivity index (χ0) is 17.3. The number of aromatic nitrogens is 2. The largest absolute Gasteiger partial charge is 0.381 e. The van der Waals surface area contributed by atoms with Gasteiger partial charge >= 0.3 is 0 Å². The van der Waals surface area contributed by atoms with Crippen LogP contribution in [0.4, 0.5) is 5.82 Å². The molecule has 6 heteroatoms. The van der Waals surface area contributed by atoms with E-state index in [1.807, 2.05) is 24.3 Å². The first kappa shape index (κ1) is 17.4. The van der Waals surface area contributed by atoms with Crippen LogP contribution in [0.2, 0.25) is 0 Å². The van der Waals surface area contributed by atoms with Crippen molar-refractivity contribution in [2.24, 2.45) is 5.92 Å². The first-order valence-electron chi connectivity index (χ1n) is 8.77. The molecule has 3 heterocycles. The van der Waals surface area contributed by atoms with E-state index in [2.05, 4.69) is 20.6 Å². The number of nitrogens with one attached hydrogen (secondary N) is 2. The van der Waals surface area contributed by atoms with Crippen molar-refractivity contribution in [1.29, 1.82) is 0 Å². The van der Waals surface area contributed by atoms with E-state index >= 15 is 0 Å². The number of hydrogen-bond donors (Lipinski definition) is 2. The van der Waals surface area contributed by atoms with Gasteiger partial charge in [0.05, 0.1) is 12.2 Å². The van der Waals surface area contributed by atoms with Gasteiger partial charge in [-0.1, -0.05) is 6.07 Å². The molecule has 0 radical (unpaired) electrons. The molecule has 2 aromatic heterocycles. The number of hydrogen-bond acceptors (Lipinski definition) is 5. The molecule has 6 nitrogen and oxygen atoms in total. The second-order valence-corrected chi connectivity index (χ2v) is 6.22. The SMILES string of the molecule is O=C(NCCCc1ccccn1)c1ccc(NC[C@@H]2CCOC2)nc1. The highest BCUT2D eigenvalue weighted by Crippen LogP contribution is 2.13. The van der Waals surface area contributed by atoms with E-state index in [1.165, 1.54) is 0 Å². The minimum Gasteiger partial charge on any atom is -0.381 e. The quantitative estimate of drug-likeness (QED) is 0.721. The summed E-state index contributed by atoms with van der Waals surface area (Å²) >= 11 is 0. The highest BCUT2D eigenvalue weighted by atomic mass is 16.5. The van der Waals surface area contributed by atoms with Crippen LogP contribution in [0.5, 0.6) is 0 Å².